The summed E-state index contributed by atoms with van der Waals surface area (Å²) in [7, 11) is 0. The van der Waals surface area contributed by atoms with Gasteiger partial charge in [0.05, 0.1) is 31.0 Å². The lowest BCUT2D eigenvalue weighted by Crippen LogP contribution is -2.39. The van der Waals surface area contributed by atoms with E-state index in [1.807, 2.05) is 36.8 Å². The van der Waals surface area contributed by atoms with E-state index in [0.29, 0.717) is 0 Å². The fraction of sp³-hybridized carbons (Fsp3) is 0.400. The van der Waals surface area contributed by atoms with E-state index in [2.05, 4.69) is 60.1 Å². The molecule has 8 heteroatoms. The van der Waals surface area contributed by atoms with Crippen LogP contribution in [0.5, 0.6) is 0 Å². The quantitative estimate of drug-likeness (QED) is 0.517. The van der Waals surface area contributed by atoms with Gasteiger partial charge in [-0.15, -0.1) is 0 Å². The molecule has 2 atom stereocenters. The Bertz CT molecular complexity index is 1040. The number of ether oxygens (including phenoxy) is 1. The van der Waals surface area contributed by atoms with Crippen LogP contribution in [0.4, 0.5) is 0 Å². The lowest BCUT2D eigenvalue weighted by atomic mass is 10.0. The van der Waals surface area contributed by atoms with Crippen molar-refractivity contribution >= 4 is 17.3 Å². The number of thiocarbonyl (C=S) groups is 1. The first-order valence-corrected chi connectivity index (χ1v) is 12.0. The number of aromatic nitrogens is 3. The Balaban J connectivity index is 1.39. The predicted molar refractivity (Wildman–Crippen MR) is 132 cm³/mol. The van der Waals surface area contributed by atoms with Crippen molar-refractivity contribution in [1.82, 2.24) is 29.7 Å². The molecule has 0 amide bonds. The summed E-state index contributed by atoms with van der Waals surface area (Å²) in [6.07, 6.45) is 8.79. The van der Waals surface area contributed by atoms with Crippen LogP contribution < -0.4 is 5.32 Å². The standard InChI is InChI=1S/C25H30N6OS/c33-25-28-23(21-7-1-2-10-27-21)24(31(25)13-5-11-29-14-16-32-17-15-29)22-8-4-12-30(22)19-20-6-3-9-26-18-20/h1-4,6-10,12,18,23-24H,5,11,13-17,19H2,(H,28,33)/t23-,24+/m0/s1. The molecule has 2 fully saturated rings. The van der Waals surface area contributed by atoms with E-state index in [9.17, 15) is 0 Å². The second-order valence-electron chi connectivity index (χ2n) is 8.55. The fourth-order valence-electron chi connectivity index (χ4n) is 4.79. The number of hydrogen-bond donors (Lipinski definition) is 1. The summed E-state index contributed by atoms with van der Waals surface area (Å²) < 4.78 is 7.80. The third-order valence-electron chi connectivity index (χ3n) is 6.42. The van der Waals surface area contributed by atoms with Gasteiger partial charge in [0.2, 0.25) is 0 Å². The molecule has 0 unspecified atom stereocenters. The van der Waals surface area contributed by atoms with Gasteiger partial charge in [-0.25, -0.2) is 0 Å². The van der Waals surface area contributed by atoms with E-state index in [1.165, 1.54) is 11.3 Å². The van der Waals surface area contributed by atoms with Gasteiger partial charge < -0.3 is 19.5 Å². The summed E-state index contributed by atoms with van der Waals surface area (Å²) >= 11 is 5.85. The van der Waals surface area contributed by atoms with Gasteiger partial charge in [0.1, 0.15) is 0 Å². The molecule has 2 saturated heterocycles. The predicted octanol–water partition coefficient (Wildman–Crippen LogP) is 3.02. The summed E-state index contributed by atoms with van der Waals surface area (Å²) in [5, 5.41) is 4.37. The maximum Gasteiger partial charge on any atom is 0.170 e. The maximum absolute atomic E-state index is 5.85. The Hall–Kier alpha value is -2.81. The van der Waals surface area contributed by atoms with Crippen molar-refractivity contribution in [2.75, 3.05) is 39.4 Å². The second-order valence-corrected chi connectivity index (χ2v) is 8.94. The van der Waals surface area contributed by atoms with Crippen LogP contribution in [-0.4, -0.2) is 68.8 Å². The van der Waals surface area contributed by atoms with Crippen molar-refractivity contribution < 1.29 is 4.74 Å². The van der Waals surface area contributed by atoms with Crippen LogP contribution in [0.2, 0.25) is 0 Å². The lowest BCUT2D eigenvalue weighted by molar-refractivity contribution is 0.0365. The van der Waals surface area contributed by atoms with Crippen LogP contribution in [0.25, 0.3) is 0 Å². The molecule has 7 nitrogen and oxygen atoms in total. The maximum atomic E-state index is 5.85. The first-order chi connectivity index (χ1) is 16.3. The molecule has 3 aromatic heterocycles. The minimum Gasteiger partial charge on any atom is -0.379 e. The summed E-state index contributed by atoms with van der Waals surface area (Å²) in [5.74, 6) is 0. The molecular weight excluding hydrogens is 432 g/mol. The summed E-state index contributed by atoms with van der Waals surface area (Å²) in [5.41, 5.74) is 3.42. The van der Waals surface area contributed by atoms with Crippen molar-refractivity contribution in [3.8, 4) is 0 Å². The number of nitrogens with one attached hydrogen (secondary N) is 1. The van der Waals surface area contributed by atoms with E-state index in [1.54, 1.807) is 0 Å². The first kappa shape index (κ1) is 22.0. The zero-order chi connectivity index (χ0) is 22.5. The highest BCUT2D eigenvalue weighted by Gasteiger charge is 2.40. The summed E-state index contributed by atoms with van der Waals surface area (Å²) in [6, 6.07) is 14.6. The van der Waals surface area contributed by atoms with E-state index in [4.69, 9.17) is 17.0 Å². The highest BCUT2D eigenvalue weighted by atomic mass is 32.1. The molecule has 5 rings (SSSR count). The number of morpholine rings is 1. The highest BCUT2D eigenvalue weighted by molar-refractivity contribution is 7.80. The lowest BCUT2D eigenvalue weighted by Gasteiger charge is -2.31. The van der Waals surface area contributed by atoms with Gasteiger partial charge in [-0.05, 0) is 54.5 Å². The van der Waals surface area contributed by atoms with E-state index >= 15 is 0 Å². The Labute approximate surface area is 200 Å². The van der Waals surface area contributed by atoms with Gasteiger partial charge in [-0.2, -0.15) is 0 Å². The van der Waals surface area contributed by atoms with Crippen LogP contribution in [0, 0.1) is 0 Å². The molecule has 0 aromatic carbocycles. The Morgan fingerprint density at radius 3 is 2.73 bits per heavy atom. The average molecular weight is 463 g/mol. The van der Waals surface area contributed by atoms with Gasteiger partial charge >= 0.3 is 0 Å². The third-order valence-corrected chi connectivity index (χ3v) is 6.77. The molecule has 0 aliphatic carbocycles. The molecule has 2 aliphatic heterocycles. The minimum atomic E-state index is 0.00429. The number of hydrogen-bond acceptors (Lipinski definition) is 5. The molecule has 0 spiro atoms. The topological polar surface area (TPSA) is 58.5 Å². The Morgan fingerprint density at radius 1 is 1.03 bits per heavy atom. The molecule has 0 bridgehead atoms. The SMILES string of the molecule is S=C1N[C@@H](c2ccccn2)[C@@H](c2cccn2Cc2cccnc2)N1CCCN1CCOCC1. The largest absolute Gasteiger partial charge is 0.379 e. The molecule has 0 saturated carbocycles. The van der Waals surface area contributed by atoms with Crippen molar-refractivity contribution in [2.24, 2.45) is 0 Å². The molecular formula is C25H30N6OS. The molecule has 5 heterocycles. The Morgan fingerprint density at radius 2 is 1.94 bits per heavy atom. The zero-order valence-electron chi connectivity index (χ0n) is 18.7. The number of pyridine rings is 2. The van der Waals surface area contributed by atoms with Crippen LogP contribution in [0.1, 0.15) is 35.5 Å². The van der Waals surface area contributed by atoms with Crippen molar-refractivity contribution in [3.63, 3.8) is 0 Å². The van der Waals surface area contributed by atoms with Gasteiger partial charge in [-0.1, -0.05) is 12.1 Å². The number of rotatable bonds is 8. The second kappa shape index (κ2) is 10.4. The molecule has 2 aliphatic rings. The van der Waals surface area contributed by atoms with Crippen molar-refractivity contribution in [3.05, 3.63) is 84.2 Å². The van der Waals surface area contributed by atoms with Crippen LogP contribution in [0.15, 0.2) is 67.3 Å². The molecule has 33 heavy (non-hydrogen) atoms. The van der Waals surface area contributed by atoms with E-state index in [0.717, 1.165) is 63.2 Å². The van der Waals surface area contributed by atoms with E-state index in [-0.39, 0.29) is 12.1 Å². The fourth-order valence-corrected chi connectivity index (χ4v) is 5.12. The molecule has 0 radical (unpaired) electrons. The monoisotopic (exact) mass is 462 g/mol. The average Bonchev–Trinajstić information content (AvgIpc) is 3.44. The van der Waals surface area contributed by atoms with Gasteiger partial charge in [0, 0.05) is 63.2 Å². The molecule has 1 N–H and O–H groups in total. The highest BCUT2D eigenvalue weighted by Crippen LogP contribution is 2.39. The van der Waals surface area contributed by atoms with E-state index < -0.39 is 0 Å². The Kier molecular flexibility index (Phi) is 6.95. The zero-order valence-corrected chi connectivity index (χ0v) is 19.5. The van der Waals surface area contributed by atoms with Crippen molar-refractivity contribution in [2.45, 2.75) is 25.0 Å². The third kappa shape index (κ3) is 5.08. The van der Waals surface area contributed by atoms with Gasteiger partial charge in [-0.3, -0.25) is 14.9 Å². The first-order valence-electron chi connectivity index (χ1n) is 11.6. The minimum absolute atomic E-state index is 0.00429. The van der Waals surface area contributed by atoms with Crippen LogP contribution in [0.3, 0.4) is 0 Å². The summed E-state index contributed by atoms with van der Waals surface area (Å²) in [4.78, 5) is 13.8. The molecule has 172 valence electrons. The normalized spacial score (nSPS) is 21.3. The van der Waals surface area contributed by atoms with Crippen LogP contribution >= 0.6 is 12.2 Å². The van der Waals surface area contributed by atoms with Crippen LogP contribution in [-0.2, 0) is 11.3 Å². The number of nitrogens with zero attached hydrogens (tertiary/aromatic N) is 5. The summed E-state index contributed by atoms with van der Waals surface area (Å²) in [6.45, 7) is 6.41. The molecule has 3 aromatic rings. The van der Waals surface area contributed by atoms with Gasteiger partial charge in [0.25, 0.3) is 0 Å². The van der Waals surface area contributed by atoms with Crippen molar-refractivity contribution in [1.29, 1.82) is 0 Å². The van der Waals surface area contributed by atoms with Gasteiger partial charge in [0.15, 0.2) is 5.11 Å². The smallest absolute Gasteiger partial charge is 0.170 e.